The molecule has 0 fully saturated rings. The van der Waals surface area contributed by atoms with Crippen molar-refractivity contribution >= 4 is 24.0 Å². The van der Waals surface area contributed by atoms with Crippen LogP contribution in [-0.2, 0) is 31.9 Å². The van der Waals surface area contributed by atoms with Gasteiger partial charge in [-0.3, -0.25) is 14.6 Å². The SMILES string of the molecule is COC(=O)NC(C(=O)NC(Cc1ccccc1)CC(O)C(Cc1ccc(-c2ccc(C)nc2)cc1)NC(=O)C(NC(=O)OC)C(C)(C)C)C(C)(C)C. The van der Waals surface area contributed by atoms with Crippen molar-refractivity contribution in [2.45, 2.75) is 98.0 Å². The first-order valence-corrected chi connectivity index (χ1v) is 17.4. The molecule has 0 saturated carbocycles. The Balaban J connectivity index is 1.96. The predicted octanol–water partition coefficient (Wildman–Crippen LogP) is 5.10. The Morgan fingerprint density at radius 2 is 1.17 bits per heavy atom. The summed E-state index contributed by atoms with van der Waals surface area (Å²) in [6.45, 7) is 12.9. The van der Waals surface area contributed by atoms with Gasteiger partial charge in [0.25, 0.3) is 0 Å². The topological polar surface area (TPSA) is 168 Å². The smallest absolute Gasteiger partial charge is 0.407 e. The molecule has 0 bridgehead atoms. The fraction of sp³-hybridized carbons (Fsp3) is 0.475. The van der Waals surface area contributed by atoms with E-state index in [1.165, 1.54) is 14.2 Å². The van der Waals surface area contributed by atoms with Crippen LogP contribution in [-0.4, -0.2) is 78.6 Å². The van der Waals surface area contributed by atoms with E-state index in [1.54, 1.807) is 0 Å². The van der Waals surface area contributed by atoms with Gasteiger partial charge in [0.05, 0.1) is 26.4 Å². The number of alkyl carbamates (subject to hydrolysis) is 2. The van der Waals surface area contributed by atoms with Crippen molar-refractivity contribution in [2.75, 3.05) is 14.2 Å². The maximum absolute atomic E-state index is 13.9. The van der Waals surface area contributed by atoms with Crippen LogP contribution in [0.5, 0.6) is 0 Å². The zero-order chi connectivity index (χ0) is 38.6. The van der Waals surface area contributed by atoms with E-state index in [9.17, 15) is 24.3 Å². The van der Waals surface area contributed by atoms with Crippen LogP contribution in [0.15, 0.2) is 72.9 Å². The van der Waals surface area contributed by atoms with E-state index in [-0.39, 0.29) is 12.8 Å². The second kappa shape index (κ2) is 18.5. The number of aliphatic hydroxyl groups excluding tert-OH is 1. The summed E-state index contributed by atoms with van der Waals surface area (Å²) in [6.07, 6.45) is -0.173. The lowest BCUT2D eigenvalue weighted by Gasteiger charge is -2.34. The maximum Gasteiger partial charge on any atom is 0.407 e. The number of benzene rings is 2. The number of carbonyl (C=O) groups is 4. The highest BCUT2D eigenvalue weighted by Crippen LogP contribution is 2.24. The van der Waals surface area contributed by atoms with Crippen LogP contribution in [0.25, 0.3) is 11.1 Å². The molecule has 4 amide bonds. The van der Waals surface area contributed by atoms with Gasteiger partial charge in [0.1, 0.15) is 12.1 Å². The molecule has 1 heterocycles. The van der Waals surface area contributed by atoms with Gasteiger partial charge in [-0.1, -0.05) is 102 Å². The molecule has 1 aromatic heterocycles. The summed E-state index contributed by atoms with van der Waals surface area (Å²) in [5.41, 5.74) is 3.24. The van der Waals surface area contributed by atoms with Crippen molar-refractivity contribution in [3.8, 4) is 11.1 Å². The lowest BCUT2D eigenvalue weighted by Crippen LogP contribution is -2.59. The van der Waals surface area contributed by atoms with Crippen LogP contribution in [0.2, 0.25) is 0 Å². The van der Waals surface area contributed by atoms with Gasteiger partial charge in [0.2, 0.25) is 11.8 Å². The van der Waals surface area contributed by atoms with E-state index in [0.29, 0.717) is 6.42 Å². The first kappa shape index (κ1) is 41.5. The fourth-order valence-electron chi connectivity index (χ4n) is 5.81. The van der Waals surface area contributed by atoms with Crippen LogP contribution in [0.3, 0.4) is 0 Å². The van der Waals surface area contributed by atoms with Gasteiger partial charge in [0, 0.05) is 23.5 Å². The molecule has 0 spiro atoms. The number of nitrogens with one attached hydrogen (secondary N) is 4. The summed E-state index contributed by atoms with van der Waals surface area (Å²) in [6, 6.07) is 17.9. The lowest BCUT2D eigenvalue weighted by molar-refractivity contribution is -0.128. The number of pyridine rings is 1. The molecule has 0 aliphatic rings. The van der Waals surface area contributed by atoms with E-state index >= 15 is 0 Å². The molecule has 0 aliphatic carbocycles. The number of aliphatic hydroxyl groups is 1. The van der Waals surface area contributed by atoms with Crippen molar-refractivity contribution in [2.24, 2.45) is 10.8 Å². The number of aryl methyl sites for hydroxylation is 1. The normalized spacial score (nSPS) is 14.5. The average Bonchev–Trinajstić information content (AvgIpc) is 3.08. The molecule has 0 saturated heterocycles. The van der Waals surface area contributed by atoms with E-state index < -0.39 is 65.1 Å². The molecule has 52 heavy (non-hydrogen) atoms. The van der Waals surface area contributed by atoms with Gasteiger partial charge < -0.3 is 35.8 Å². The van der Waals surface area contributed by atoms with Gasteiger partial charge in [0.15, 0.2) is 0 Å². The van der Waals surface area contributed by atoms with Crippen LogP contribution in [0.4, 0.5) is 9.59 Å². The number of methoxy groups -OCH3 is 2. The summed E-state index contributed by atoms with van der Waals surface area (Å²) in [4.78, 5) is 56.5. The van der Waals surface area contributed by atoms with Crippen molar-refractivity contribution in [3.63, 3.8) is 0 Å². The van der Waals surface area contributed by atoms with E-state index in [4.69, 9.17) is 9.47 Å². The molecule has 3 aromatic rings. The zero-order valence-electron chi connectivity index (χ0n) is 31.8. The Bertz CT molecular complexity index is 1620. The number of carbonyl (C=O) groups excluding carboxylic acids is 4. The van der Waals surface area contributed by atoms with Gasteiger partial charge in [-0.15, -0.1) is 0 Å². The first-order chi connectivity index (χ1) is 24.4. The third-order valence-electron chi connectivity index (χ3n) is 8.80. The second-order valence-electron chi connectivity index (χ2n) is 15.3. The van der Waals surface area contributed by atoms with Crippen molar-refractivity contribution in [1.82, 2.24) is 26.3 Å². The monoisotopic (exact) mass is 717 g/mol. The molecule has 5 unspecified atom stereocenters. The van der Waals surface area contributed by atoms with Gasteiger partial charge in [-0.05, 0) is 59.8 Å². The largest absolute Gasteiger partial charge is 0.453 e. The highest BCUT2D eigenvalue weighted by molar-refractivity contribution is 5.87. The zero-order valence-corrected chi connectivity index (χ0v) is 31.8. The van der Waals surface area contributed by atoms with Gasteiger partial charge >= 0.3 is 12.2 Å². The molecule has 2 aromatic carbocycles. The average molecular weight is 718 g/mol. The van der Waals surface area contributed by atoms with Crippen LogP contribution >= 0.6 is 0 Å². The summed E-state index contributed by atoms with van der Waals surface area (Å²) < 4.78 is 9.57. The number of aromatic nitrogens is 1. The first-order valence-electron chi connectivity index (χ1n) is 17.4. The third-order valence-corrected chi connectivity index (χ3v) is 8.80. The quantitative estimate of drug-likeness (QED) is 0.154. The minimum absolute atomic E-state index is 0.0540. The lowest BCUT2D eigenvalue weighted by atomic mass is 9.85. The third kappa shape index (κ3) is 12.7. The Labute approximate surface area is 307 Å². The minimum Gasteiger partial charge on any atom is -0.453 e. The Kier molecular flexibility index (Phi) is 14.7. The number of rotatable bonds is 14. The number of amides is 4. The molecule has 12 heteroatoms. The predicted molar refractivity (Wildman–Crippen MR) is 200 cm³/mol. The molecule has 5 N–H and O–H groups in total. The number of hydrogen-bond acceptors (Lipinski definition) is 8. The van der Waals surface area contributed by atoms with Crippen molar-refractivity contribution < 1.29 is 33.8 Å². The van der Waals surface area contributed by atoms with Crippen LogP contribution in [0, 0.1) is 17.8 Å². The number of hydrogen-bond donors (Lipinski definition) is 5. The van der Waals surface area contributed by atoms with Crippen molar-refractivity contribution in [3.05, 3.63) is 89.7 Å². The molecule has 282 valence electrons. The summed E-state index contributed by atoms with van der Waals surface area (Å²) in [7, 11) is 2.45. The van der Waals surface area contributed by atoms with Crippen LogP contribution in [0.1, 0.15) is 64.8 Å². The fourth-order valence-corrected chi connectivity index (χ4v) is 5.81. The Hall–Kier alpha value is -4.97. The van der Waals surface area contributed by atoms with Gasteiger partial charge in [-0.2, -0.15) is 0 Å². The molecular formula is C40H55N5O7. The molecule has 3 rings (SSSR count). The van der Waals surface area contributed by atoms with E-state index in [1.807, 2.05) is 121 Å². The summed E-state index contributed by atoms with van der Waals surface area (Å²) in [5.74, 6) is -0.939. The highest BCUT2D eigenvalue weighted by Gasteiger charge is 2.37. The Morgan fingerprint density at radius 3 is 1.65 bits per heavy atom. The highest BCUT2D eigenvalue weighted by atomic mass is 16.5. The summed E-state index contributed by atoms with van der Waals surface area (Å²) >= 11 is 0. The number of ether oxygens (including phenoxy) is 2. The van der Waals surface area contributed by atoms with Crippen molar-refractivity contribution in [1.29, 1.82) is 0 Å². The number of nitrogens with zero attached hydrogens (tertiary/aromatic N) is 1. The summed E-state index contributed by atoms with van der Waals surface area (Å²) in [5, 5.41) is 23.3. The van der Waals surface area contributed by atoms with E-state index in [0.717, 1.165) is 27.9 Å². The molecule has 5 atom stereocenters. The molecule has 12 nitrogen and oxygen atoms in total. The molecule has 0 aliphatic heterocycles. The molecule has 0 radical (unpaired) electrons. The van der Waals surface area contributed by atoms with Crippen LogP contribution < -0.4 is 21.3 Å². The van der Waals surface area contributed by atoms with Gasteiger partial charge in [-0.25, -0.2) is 9.59 Å². The van der Waals surface area contributed by atoms with E-state index in [2.05, 4.69) is 26.3 Å². The second-order valence-corrected chi connectivity index (χ2v) is 15.3. The minimum atomic E-state index is -1.15. The standard InChI is InChI=1S/C40H55N5O7/c1-25-15-18-29(24-41-25)28-19-16-27(17-20-28)22-31(43-36(48)34(40(5,6)7)45-38(50)52-9)32(46)23-30(21-26-13-11-10-12-14-26)42-35(47)33(39(2,3)4)44-37(49)51-8/h10-20,24,30-34,46H,21-23H2,1-9H3,(H,42,47)(H,43,48)(H,44,49)(H,45,50). The maximum atomic E-state index is 13.9. The molecular weight excluding hydrogens is 662 g/mol. The Morgan fingerprint density at radius 1 is 0.673 bits per heavy atom.